The second kappa shape index (κ2) is 11.0. The average Bonchev–Trinajstić information content (AvgIpc) is 2.80. The zero-order valence-electron chi connectivity index (χ0n) is 21.1. The van der Waals surface area contributed by atoms with Crippen LogP contribution in [0.3, 0.4) is 0 Å². The first kappa shape index (κ1) is 27.0. The van der Waals surface area contributed by atoms with Crippen LogP contribution in [0.15, 0.2) is 30.5 Å². The second-order valence-corrected chi connectivity index (χ2v) is 9.40. The van der Waals surface area contributed by atoms with Gasteiger partial charge in [-0.05, 0) is 51.5 Å². The Balaban J connectivity index is 1.69. The number of ether oxygens (including phenoxy) is 1. The van der Waals surface area contributed by atoms with E-state index in [9.17, 15) is 14.4 Å². The van der Waals surface area contributed by atoms with Crippen LogP contribution in [0.4, 0.5) is 17.5 Å². The summed E-state index contributed by atoms with van der Waals surface area (Å²) < 4.78 is 5.33. The van der Waals surface area contributed by atoms with Gasteiger partial charge in [0.15, 0.2) is 17.0 Å². The topological polar surface area (TPSA) is 200 Å². The van der Waals surface area contributed by atoms with Crippen LogP contribution in [-0.2, 0) is 20.9 Å². The Labute approximate surface area is 213 Å². The first-order valence-electron chi connectivity index (χ1n) is 11.4. The van der Waals surface area contributed by atoms with Gasteiger partial charge in [0.1, 0.15) is 11.6 Å². The molecule has 3 aromatic rings. The van der Waals surface area contributed by atoms with Gasteiger partial charge >= 0.3 is 11.9 Å². The smallest absolute Gasteiger partial charge is 0.329 e. The van der Waals surface area contributed by atoms with Crippen LogP contribution in [0, 0.1) is 0 Å². The molecule has 37 heavy (non-hydrogen) atoms. The maximum absolute atomic E-state index is 12.8. The third-order valence-corrected chi connectivity index (χ3v) is 5.11. The van der Waals surface area contributed by atoms with E-state index >= 15 is 0 Å². The van der Waals surface area contributed by atoms with Crippen LogP contribution in [-0.4, -0.2) is 61.6 Å². The number of carbonyl (C=O) groups is 3. The van der Waals surface area contributed by atoms with Gasteiger partial charge < -0.3 is 31.5 Å². The Morgan fingerprint density at radius 3 is 2.41 bits per heavy atom. The number of esters is 1. The number of rotatable bonds is 9. The van der Waals surface area contributed by atoms with E-state index in [1.54, 1.807) is 51.2 Å². The van der Waals surface area contributed by atoms with E-state index in [0.29, 0.717) is 29.0 Å². The molecule has 0 fully saturated rings. The summed E-state index contributed by atoms with van der Waals surface area (Å²) in [5, 5.41) is 11.6. The Morgan fingerprint density at radius 1 is 1.11 bits per heavy atom. The van der Waals surface area contributed by atoms with E-state index in [2.05, 4.69) is 25.3 Å². The number of aromatic nitrogens is 4. The van der Waals surface area contributed by atoms with Crippen molar-refractivity contribution < 1.29 is 24.2 Å². The summed E-state index contributed by atoms with van der Waals surface area (Å²) in [6.07, 6.45) is 1.18. The molecule has 196 valence electrons. The summed E-state index contributed by atoms with van der Waals surface area (Å²) in [5.74, 6) is -2.13. The van der Waals surface area contributed by atoms with Crippen LogP contribution in [0.25, 0.3) is 11.2 Å². The van der Waals surface area contributed by atoms with E-state index in [0.717, 1.165) is 5.69 Å². The molecule has 0 aliphatic rings. The molecule has 0 bridgehead atoms. The molecule has 0 aliphatic carbocycles. The Morgan fingerprint density at radius 2 is 1.78 bits per heavy atom. The fourth-order valence-corrected chi connectivity index (χ4v) is 3.39. The molecule has 1 amide bonds. The number of benzene rings is 1. The van der Waals surface area contributed by atoms with Crippen molar-refractivity contribution in [3.63, 3.8) is 0 Å². The van der Waals surface area contributed by atoms with Crippen molar-refractivity contribution in [2.75, 3.05) is 23.4 Å². The van der Waals surface area contributed by atoms with E-state index < -0.39 is 29.5 Å². The molecule has 0 radical (unpaired) electrons. The number of anilines is 3. The fourth-order valence-electron chi connectivity index (χ4n) is 3.39. The standard InChI is InChI=1S/C24H30N8O5/c1-24(2,3)37-22(36)16(9-10-17(33)34)29-21(35)13-5-7-15(8-6-13)32(4)12-14-11-27-20-18(28-14)19(25)30-23(26)31-20/h5-8,11,16H,9-10,12H2,1-4H3,(H,29,35)(H,33,34)(H4,25,26,27,30,31). The SMILES string of the molecule is CN(Cc1cnc2nc(N)nc(N)c2n1)c1ccc(C(=O)NC(CCC(=O)O)C(=O)OC(C)(C)C)cc1. The van der Waals surface area contributed by atoms with Gasteiger partial charge in [-0.2, -0.15) is 9.97 Å². The van der Waals surface area contributed by atoms with Crippen molar-refractivity contribution in [3.05, 3.63) is 41.7 Å². The van der Waals surface area contributed by atoms with Crippen LogP contribution in [0.1, 0.15) is 49.7 Å². The highest BCUT2D eigenvalue weighted by molar-refractivity contribution is 5.97. The number of amides is 1. The number of nitrogens with two attached hydrogens (primary N) is 2. The third-order valence-electron chi connectivity index (χ3n) is 5.11. The van der Waals surface area contributed by atoms with Crippen molar-refractivity contribution in [1.29, 1.82) is 0 Å². The summed E-state index contributed by atoms with van der Waals surface area (Å²) in [6, 6.07) is 5.59. The molecule has 2 heterocycles. The number of fused-ring (bicyclic) bond motifs is 1. The molecule has 0 saturated carbocycles. The average molecular weight is 511 g/mol. The highest BCUT2D eigenvalue weighted by Crippen LogP contribution is 2.19. The maximum Gasteiger partial charge on any atom is 0.329 e. The summed E-state index contributed by atoms with van der Waals surface area (Å²) >= 11 is 0. The van der Waals surface area contributed by atoms with E-state index in [1.807, 2.05) is 11.9 Å². The lowest BCUT2D eigenvalue weighted by Gasteiger charge is -2.24. The monoisotopic (exact) mass is 510 g/mol. The van der Waals surface area contributed by atoms with Gasteiger partial charge in [-0.25, -0.2) is 14.8 Å². The second-order valence-electron chi connectivity index (χ2n) is 9.40. The van der Waals surface area contributed by atoms with Crippen molar-refractivity contribution in [3.8, 4) is 0 Å². The minimum absolute atomic E-state index is 0.0209. The fraction of sp³-hybridized carbons (Fsp3) is 0.375. The first-order valence-corrected chi connectivity index (χ1v) is 11.4. The number of carbonyl (C=O) groups excluding carboxylic acids is 2. The van der Waals surface area contributed by atoms with Gasteiger partial charge in [0.25, 0.3) is 5.91 Å². The van der Waals surface area contributed by atoms with Crippen LogP contribution >= 0.6 is 0 Å². The molecule has 0 aliphatic heterocycles. The molecule has 2 aromatic heterocycles. The molecule has 1 aromatic carbocycles. The molecule has 1 atom stereocenters. The summed E-state index contributed by atoms with van der Waals surface area (Å²) in [6.45, 7) is 5.46. The lowest BCUT2D eigenvalue weighted by molar-refractivity contribution is -0.157. The van der Waals surface area contributed by atoms with Crippen molar-refractivity contribution in [2.45, 2.75) is 51.8 Å². The number of hydrogen-bond acceptors (Lipinski definition) is 11. The third kappa shape index (κ3) is 7.46. The molecule has 6 N–H and O–H groups in total. The zero-order valence-corrected chi connectivity index (χ0v) is 21.1. The van der Waals surface area contributed by atoms with Crippen molar-refractivity contribution in [1.82, 2.24) is 25.3 Å². The minimum Gasteiger partial charge on any atom is -0.481 e. The number of nitrogens with zero attached hydrogens (tertiary/aromatic N) is 5. The van der Waals surface area contributed by atoms with E-state index in [-0.39, 0.29) is 24.6 Å². The highest BCUT2D eigenvalue weighted by Gasteiger charge is 2.27. The summed E-state index contributed by atoms with van der Waals surface area (Å²) in [4.78, 5) is 54.8. The Bertz CT molecular complexity index is 1310. The Hall–Kier alpha value is -4.55. The molecule has 1 unspecified atom stereocenters. The van der Waals surface area contributed by atoms with Crippen LogP contribution in [0.2, 0.25) is 0 Å². The van der Waals surface area contributed by atoms with Gasteiger partial charge in [-0.1, -0.05) is 0 Å². The lowest BCUT2D eigenvalue weighted by atomic mass is 10.1. The molecule has 13 nitrogen and oxygen atoms in total. The molecular formula is C24H30N8O5. The number of carboxylic acids is 1. The number of nitrogen functional groups attached to an aromatic ring is 2. The largest absolute Gasteiger partial charge is 0.481 e. The van der Waals surface area contributed by atoms with Gasteiger partial charge in [0.2, 0.25) is 5.95 Å². The maximum atomic E-state index is 12.8. The normalized spacial score (nSPS) is 12.1. The lowest BCUT2D eigenvalue weighted by Crippen LogP contribution is -2.44. The molecular weight excluding hydrogens is 480 g/mol. The molecule has 13 heteroatoms. The van der Waals surface area contributed by atoms with Gasteiger partial charge in [-0.15, -0.1) is 0 Å². The summed E-state index contributed by atoms with van der Waals surface area (Å²) in [7, 11) is 1.84. The molecule has 0 saturated heterocycles. The van der Waals surface area contributed by atoms with Crippen molar-refractivity contribution in [2.24, 2.45) is 0 Å². The van der Waals surface area contributed by atoms with Gasteiger partial charge in [-0.3, -0.25) is 9.59 Å². The van der Waals surface area contributed by atoms with E-state index in [4.69, 9.17) is 21.3 Å². The highest BCUT2D eigenvalue weighted by atomic mass is 16.6. The molecule has 3 rings (SSSR count). The quantitative estimate of drug-likeness (QED) is 0.303. The zero-order chi connectivity index (χ0) is 27.3. The van der Waals surface area contributed by atoms with E-state index in [1.165, 1.54) is 0 Å². The number of nitrogens with one attached hydrogen (secondary N) is 1. The predicted molar refractivity (Wildman–Crippen MR) is 136 cm³/mol. The summed E-state index contributed by atoms with van der Waals surface area (Å²) in [5.41, 5.74) is 13.1. The van der Waals surface area contributed by atoms with Gasteiger partial charge in [0, 0.05) is 24.7 Å². The van der Waals surface area contributed by atoms with Crippen molar-refractivity contribution >= 4 is 46.5 Å². The Kier molecular flexibility index (Phi) is 8.05. The van der Waals surface area contributed by atoms with Gasteiger partial charge in [0.05, 0.1) is 18.4 Å². The number of hydrogen-bond donors (Lipinski definition) is 4. The first-order chi connectivity index (χ1) is 17.3. The van der Waals surface area contributed by atoms with Crippen LogP contribution in [0.5, 0.6) is 0 Å². The molecule has 0 spiro atoms. The minimum atomic E-state index is -1.09. The van der Waals surface area contributed by atoms with Crippen LogP contribution < -0.4 is 21.7 Å². The number of carboxylic acid groups (broad SMARTS) is 1. The predicted octanol–water partition coefficient (Wildman–Crippen LogP) is 1.53. The number of aliphatic carboxylic acids is 1.